The number of para-hydroxylation sites is 1. The smallest absolute Gasteiger partial charge is 0.341 e. The standard InChI is InChI=1S/C13H10FNO3/c14-9-5-11(9)15-6-8(13(17)18)12(16)7-3-1-2-4-10(7)15/h1-4,6,9,11H,5H2,(H,17,18)/t9-,11+/m0/s1. The molecule has 0 unspecified atom stereocenters. The van der Waals surface area contributed by atoms with Gasteiger partial charge in [-0.3, -0.25) is 4.79 Å². The van der Waals surface area contributed by atoms with Crippen LogP contribution in [0.3, 0.4) is 0 Å². The molecular weight excluding hydrogens is 237 g/mol. The van der Waals surface area contributed by atoms with Crippen LogP contribution in [0, 0.1) is 0 Å². The first-order chi connectivity index (χ1) is 8.59. The quantitative estimate of drug-likeness (QED) is 0.882. The Kier molecular flexibility index (Phi) is 2.23. The van der Waals surface area contributed by atoms with E-state index in [4.69, 9.17) is 5.11 Å². The van der Waals surface area contributed by atoms with Gasteiger partial charge in [0.05, 0.1) is 11.6 Å². The van der Waals surface area contributed by atoms with Crippen LogP contribution in [0.15, 0.2) is 35.3 Å². The largest absolute Gasteiger partial charge is 0.477 e. The molecule has 1 fully saturated rings. The average molecular weight is 247 g/mol. The van der Waals surface area contributed by atoms with E-state index in [1.54, 1.807) is 28.8 Å². The van der Waals surface area contributed by atoms with Crippen molar-refractivity contribution in [2.24, 2.45) is 0 Å². The topological polar surface area (TPSA) is 59.3 Å². The molecule has 1 heterocycles. The van der Waals surface area contributed by atoms with Gasteiger partial charge in [0, 0.05) is 18.0 Å². The molecule has 1 saturated carbocycles. The van der Waals surface area contributed by atoms with Crippen LogP contribution in [-0.2, 0) is 0 Å². The van der Waals surface area contributed by atoms with E-state index in [0.29, 0.717) is 17.3 Å². The molecule has 0 aliphatic heterocycles. The van der Waals surface area contributed by atoms with E-state index >= 15 is 0 Å². The summed E-state index contributed by atoms with van der Waals surface area (Å²) in [6.07, 6.45) is 0.654. The fraction of sp³-hybridized carbons (Fsp3) is 0.231. The molecule has 4 nitrogen and oxygen atoms in total. The van der Waals surface area contributed by atoms with Crippen LogP contribution in [0.1, 0.15) is 22.8 Å². The number of halogens is 1. The number of carboxylic acid groups (broad SMARTS) is 1. The van der Waals surface area contributed by atoms with Gasteiger partial charge < -0.3 is 9.67 Å². The summed E-state index contributed by atoms with van der Waals surface area (Å²) in [4.78, 5) is 23.0. The van der Waals surface area contributed by atoms with Crippen molar-refractivity contribution in [2.75, 3.05) is 0 Å². The van der Waals surface area contributed by atoms with Crippen molar-refractivity contribution >= 4 is 16.9 Å². The van der Waals surface area contributed by atoms with Crippen molar-refractivity contribution < 1.29 is 14.3 Å². The third-order valence-corrected chi connectivity index (χ3v) is 3.21. The lowest BCUT2D eigenvalue weighted by Gasteiger charge is -2.10. The molecule has 1 aromatic heterocycles. The molecule has 92 valence electrons. The first-order valence-corrected chi connectivity index (χ1v) is 5.61. The van der Waals surface area contributed by atoms with Gasteiger partial charge in [0.2, 0.25) is 5.43 Å². The van der Waals surface area contributed by atoms with Crippen molar-refractivity contribution in [1.29, 1.82) is 0 Å². The number of alkyl halides is 1. The summed E-state index contributed by atoms with van der Waals surface area (Å²) in [6.45, 7) is 0. The van der Waals surface area contributed by atoms with Crippen molar-refractivity contribution in [2.45, 2.75) is 18.6 Å². The first-order valence-electron chi connectivity index (χ1n) is 5.61. The predicted octanol–water partition coefficient (Wildman–Crippen LogP) is 1.98. The SMILES string of the molecule is O=C(O)c1cn([C@@H]2C[C@@H]2F)c2ccccc2c1=O. The van der Waals surface area contributed by atoms with Gasteiger partial charge in [0.25, 0.3) is 0 Å². The number of hydrogen-bond donors (Lipinski definition) is 1. The van der Waals surface area contributed by atoms with Gasteiger partial charge in [-0.15, -0.1) is 0 Å². The van der Waals surface area contributed by atoms with Crippen LogP contribution in [0.2, 0.25) is 0 Å². The lowest BCUT2D eigenvalue weighted by Crippen LogP contribution is -2.18. The minimum absolute atomic E-state index is 0.312. The van der Waals surface area contributed by atoms with Crippen LogP contribution >= 0.6 is 0 Å². The molecule has 0 spiro atoms. The predicted molar refractivity (Wildman–Crippen MR) is 63.7 cm³/mol. The molecule has 0 amide bonds. The normalized spacial score (nSPS) is 22.1. The highest BCUT2D eigenvalue weighted by atomic mass is 19.1. The Hall–Kier alpha value is -2.17. The van der Waals surface area contributed by atoms with E-state index in [1.807, 2.05) is 0 Å². The second-order valence-corrected chi connectivity index (χ2v) is 4.42. The highest BCUT2D eigenvalue weighted by Crippen LogP contribution is 2.40. The molecule has 5 heteroatoms. The average Bonchev–Trinajstić information content (AvgIpc) is 3.06. The maximum Gasteiger partial charge on any atom is 0.341 e. The molecule has 2 atom stereocenters. The Labute approximate surface area is 101 Å². The van der Waals surface area contributed by atoms with Crippen LogP contribution in [0.25, 0.3) is 10.9 Å². The zero-order chi connectivity index (χ0) is 12.9. The summed E-state index contributed by atoms with van der Waals surface area (Å²) < 4.78 is 14.7. The summed E-state index contributed by atoms with van der Waals surface area (Å²) in [6, 6.07) is 6.32. The van der Waals surface area contributed by atoms with Gasteiger partial charge in [-0.2, -0.15) is 0 Å². The summed E-state index contributed by atoms with van der Waals surface area (Å²) in [5.74, 6) is -1.28. The van der Waals surface area contributed by atoms with Gasteiger partial charge in [0.1, 0.15) is 11.7 Å². The minimum atomic E-state index is -1.28. The number of pyridine rings is 1. The van der Waals surface area contributed by atoms with Gasteiger partial charge in [-0.1, -0.05) is 12.1 Å². The molecule has 1 aliphatic rings. The Morgan fingerprint density at radius 1 is 1.39 bits per heavy atom. The van der Waals surface area contributed by atoms with Crippen LogP contribution in [-0.4, -0.2) is 21.8 Å². The Bertz CT molecular complexity index is 707. The van der Waals surface area contributed by atoms with Crippen molar-refractivity contribution in [3.05, 3.63) is 46.2 Å². The second-order valence-electron chi connectivity index (χ2n) is 4.42. The molecule has 2 aromatic rings. The number of aromatic nitrogens is 1. The number of fused-ring (bicyclic) bond motifs is 1. The van der Waals surface area contributed by atoms with E-state index in [2.05, 4.69) is 0 Å². The highest BCUT2D eigenvalue weighted by molar-refractivity contribution is 5.92. The van der Waals surface area contributed by atoms with E-state index in [9.17, 15) is 14.0 Å². The number of nitrogens with zero attached hydrogens (tertiary/aromatic N) is 1. The molecular formula is C13H10FNO3. The maximum absolute atomic E-state index is 13.2. The van der Waals surface area contributed by atoms with Gasteiger partial charge in [-0.25, -0.2) is 9.18 Å². The number of carboxylic acids is 1. The van der Waals surface area contributed by atoms with E-state index in [-0.39, 0.29) is 11.6 Å². The second kappa shape index (κ2) is 3.66. The van der Waals surface area contributed by atoms with Gasteiger partial charge >= 0.3 is 5.97 Å². The maximum atomic E-state index is 13.2. The number of benzene rings is 1. The number of hydrogen-bond acceptors (Lipinski definition) is 2. The molecule has 3 rings (SSSR count). The lowest BCUT2D eigenvalue weighted by molar-refractivity contribution is 0.0694. The third kappa shape index (κ3) is 1.51. The fourth-order valence-electron chi connectivity index (χ4n) is 2.17. The van der Waals surface area contributed by atoms with Gasteiger partial charge in [0.15, 0.2) is 0 Å². The lowest BCUT2D eigenvalue weighted by atomic mass is 10.1. The minimum Gasteiger partial charge on any atom is -0.477 e. The van der Waals surface area contributed by atoms with Crippen LogP contribution < -0.4 is 5.43 Å². The van der Waals surface area contributed by atoms with Crippen molar-refractivity contribution in [3.63, 3.8) is 0 Å². The van der Waals surface area contributed by atoms with E-state index in [0.717, 1.165) is 0 Å². The fourth-order valence-corrected chi connectivity index (χ4v) is 2.17. The monoisotopic (exact) mass is 247 g/mol. The highest BCUT2D eigenvalue weighted by Gasteiger charge is 2.39. The zero-order valence-electron chi connectivity index (χ0n) is 9.34. The van der Waals surface area contributed by atoms with Crippen LogP contribution in [0.5, 0.6) is 0 Å². The third-order valence-electron chi connectivity index (χ3n) is 3.21. The summed E-state index contributed by atoms with van der Waals surface area (Å²) in [7, 11) is 0. The number of aromatic carboxylic acids is 1. The van der Waals surface area contributed by atoms with E-state index < -0.39 is 17.6 Å². The molecule has 1 aliphatic carbocycles. The molecule has 18 heavy (non-hydrogen) atoms. The molecule has 0 bridgehead atoms. The van der Waals surface area contributed by atoms with E-state index in [1.165, 1.54) is 6.20 Å². The number of carbonyl (C=O) groups is 1. The Morgan fingerprint density at radius 3 is 2.67 bits per heavy atom. The summed E-state index contributed by atoms with van der Waals surface area (Å²) in [5, 5.41) is 9.33. The van der Waals surface area contributed by atoms with Crippen LogP contribution in [0.4, 0.5) is 4.39 Å². The summed E-state index contributed by atoms with van der Waals surface area (Å²) in [5.41, 5.74) is -0.254. The van der Waals surface area contributed by atoms with Crippen molar-refractivity contribution in [1.82, 2.24) is 4.57 Å². The first kappa shape index (κ1) is 11.0. The Morgan fingerprint density at radius 2 is 2.06 bits per heavy atom. The molecule has 0 radical (unpaired) electrons. The summed E-state index contributed by atoms with van der Waals surface area (Å²) >= 11 is 0. The van der Waals surface area contributed by atoms with Gasteiger partial charge in [-0.05, 0) is 12.1 Å². The van der Waals surface area contributed by atoms with Crippen molar-refractivity contribution in [3.8, 4) is 0 Å². The molecule has 1 N–H and O–H groups in total. The number of rotatable bonds is 2. The molecule has 0 saturated heterocycles. The Balaban J connectivity index is 2.37. The molecule has 1 aromatic carbocycles. The zero-order valence-corrected chi connectivity index (χ0v) is 9.34.